The minimum atomic E-state index is -0.308. The Labute approximate surface area is 138 Å². The fourth-order valence-electron chi connectivity index (χ4n) is 4.05. The van der Waals surface area contributed by atoms with Crippen LogP contribution in [0.3, 0.4) is 0 Å². The first-order valence-corrected chi connectivity index (χ1v) is 8.76. The van der Waals surface area contributed by atoms with Gasteiger partial charge in [0.25, 0.3) is 0 Å². The molecular weight excluding hydrogens is 296 g/mol. The maximum absolute atomic E-state index is 13.3. The maximum Gasteiger partial charge on any atom is 0.233 e. The van der Waals surface area contributed by atoms with Gasteiger partial charge in [-0.05, 0) is 50.4 Å². The van der Waals surface area contributed by atoms with Crippen LogP contribution in [0.4, 0.5) is 0 Å². The third-order valence-corrected chi connectivity index (χ3v) is 5.71. The molecule has 1 aromatic rings. The van der Waals surface area contributed by atoms with E-state index < -0.39 is 0 Å². The third kappa shape index (κ3) is 2.89. The minimum Gasteiger partial charge on any atom is -0.342 e. The van der Waals surface area contributed by atoms with Crippen molar-refractivity contribution in [3.63, 3.8) is 0 Å². The number of carbonyl (C=O) groups excluding carboxylic acids is 1. The second-order valence-electron chi connectivity index (χ2n) is 6.65. The number of carbonyl (C=O) groups is 1. The summed E-state index contributed by atoms with van der Waals surface area (Å²) in [6.07, 6.45) is 6.33. The lowest BCUT2D eigenvalue weighted by Gasteiger charge is -2.38. The van der Waals surface area contributed by atoms with Gasteiger partial charge in [-0.3, -0.25) is 4.79 Å². The van der Waals surface area contributed by atoms with Gasteiger partial charge in [-0.15, -0.1) is 0 Å². The lowest BCUT2D eigenvalue weighted by atomic mass is 9.77. The summed E-state index contributed by atoms with van der Waals surface area (Å²) in [5.74, 6) is 0.335. The molecular formula is C18H25ClN2O. The van der Waals surface area contributed by atoms with Crippen LogP contribution < -0.4 is 5.32 Å². The predicted molar refractivity (Wildman–Crippen MR) is 90.3 cm³/mol. The normalized spacial score (nSPS) is 22.0. The molecule has 3 rings (SSSR count). The summed E-state index contributed by atoms with van der Waals surface area (Å²) in [4.78, 5) is 15.4. The van der Waals surface area contributed by atoms with Crippen LogP contribution in [-0.4, -0.2) is 37.0 Å². The van der Waals surface area contributed by atoms with Crippen molar-refractivity contribution in [2.45, 2.75) is 50.0 Å². The summed E-state index contributed by atoms with van der Waals surface area (Å²) in [5, 5.41) is 4.06. The third-order valence-electron chi connectivity index (χ3n) is 5.45. The average Bonchev–Trinajstić information content (AvgIpc) is 3.06. The van der Waals surface area contributed by atoms with Crippen LogP contribution in [0.2, 0.25) is 5.02 Å². The van der Waals surface area contributed by atoms with E-state index in [0.29, 0.717) is 11.9 Å². The zero-order valence-electron chi connectivity index (χ0n) is 13.3. The topological polar surface area (TPSA) is 32.3 Å². The van der Waals surface area contributed by atoms with Gasteiger partial charge in [-0.2, -0.15) is 0 Å². The highest BCUT2D eigenvalue weighted by Crippen LogP contribution is 2.43. The molecule has 3 nitrogen and oxygen atoms in total. The second-order valence-corrected chi connectivity index (χ2v) is 7.09. The predicted octanol–water partition coefficient (Wildman–Crippen LogP) is 3.36. The number of halogens is 1. The van der Waals surface area contributed by atoms with Crippen molar-refractivity contribution in [1.82, 2.24) is 10.2 Å². The highest BCUT2D eigenvalue weighted by atomic mass is 35.5. The molecule has 0 spiro atoms. The quantitative estimate of drug-likeness (QED) is 0.926. The molecule has 0 atom stereocenters. The summed E-state index contributed by atoms with van der Waals surface area (Å²) >= 11 is 6.02. The number of amides is 1. The fraction of sp³-hybridized carbons (Fsp3) is 0.611. The van der Waals surface area contributed by atoms with Crippen LogP contribution in [-0.2, 0) is 10.2 Å². The summed E-state index contributed by atoms with van der Waals surface area (Å²) in [6, 6.07) is 8.48. The van der Waals surface area contributed by atoms with E-state index in [1.807, 2.05) is 31.3 Å². The molecule has 22 heavy (non-hydrogen) atoms. The number of rotatable bonds is 3. The molecule has 1 heterocycles. The number of nitrogens with zero attached hydrogens (tertiary/aromatic N) is 1. The Morgan fingerprint density at radius 2 is 1.77 bits per heavy atom. The molecule has 1 amide bonds. The largest absolute Gasteiger partial charge is 0.342 e. The molecule has 2 fully saturated rings. The number of nitrogens with one attached hydrogen (secondary N) is 1. The first-order chi connectivity index (χ1) is 10.7. The highest BCUT2D eigenvalue weighted by Gasteiger charge is 2.45. The van der Waals surface area contributed by atoms with E-state index in [-0.39, 0.29) is 5.41 Å². The van der Waals surface area contributed by atoms with Gasteiger partial charge in [0.1, 0.15) is 0 Å². The molecule has 1 aliphatic carbocycles. The van der Waals surface area contributed by atoms with E-state index in [0.717, 1.165) is 62.2 Å². The Balaban J connectivity index is 1.82. The zero-order chi connectivity index (χ0) is 15.6. The summed E-state index contributed by atoms with van der Waals surface area (Å²) in [6.45, 7) is 1.75. The first-order valence-electron chi connectivity index (χ1n) is 8.38. The van der Waals surface area contributed by atoms with E-state index in [1.54, 1.807) is 0 Å². The number of hydrogen-bond donors (Lipinski definition) is 1. The molecule has 0 bridgehead atoms. The maximum atomic E-state index is 13.3. The monoisotopic (exact) mass is 320 g/mol. The second kappa shape index (κ2) is 6.59. The van der Waals surface area contributed by atoms with Gasteiger partial charge < -0.3 is 10.2 Å². The molecule has 1 saturated heterocycles. The van der Waals surface area contributed by atoms with Gasteiger partial charge >= 0.3 is 0 Å². The number of hydrogen-bond acceptors (Lipinski definition) is 2. The van der Waals surface area contributed by atoms with E-state index in [4.69, 9.17) is 11.6 Å². The molecule has 1 aliphatic heterocycles. The van der Waals surface area contributed by atoms with E-state index >= 15 is 0 Å². The summed E-state index contributed by atoms with van der Waals surface area (Å²) in [5.41, 5.74) is 0.840. The van der Waals surface area contributed by atoms with Gasteiger partial charge in [-0.1, -0.05) is 36.6 Å². The van der Waals surface area contributed by atoms with Crippen LogP contribution in [0.15, 0.2) is 24.3 Å². The van der Waals surface area contributed by atoms with Crippen LogP contribution in [0, 0.1) is 0 Å². The molecule has 1 saturated carbocycles. The van der Waals surface area contributed by atoms with Gasteiger partial charge in [0.15, 0.2) is 0 Å². The van der Waals surface area contributed by atoms with Crippen molar-refractivity contribution in [2.75, 3.05) is 20.1 Å². The van der Waals surface area contributed by atoms with Crippen molar-refractivity contribution in [3.8, 4) is 0 Å². The Morgan fingerprint density at radius 1 is 1.18 bits per heavy atom. The highest BCUT2D eigenvalue weighted by molar-refractivity contribution is 6.30. The molecule has 1 N–H and O–H groups in total. The average molecular weight is 321 g/mol. The summed E-state index contributed by atoms with van der Waals surface area (Å²) < 4.78 is 0. The van der Waals surface area contributed by atoms with Crippen LogP contribution in [0.25, 0.3) is 0 Å². The Morgan fingerprint density at radius 3 is 2.32 bits per heavy atom. The SMILES string of the molecule is CNC1CCN(C(=O)C2(c3ccc(Cl)cc3)CCCC2)CC1. The van der Waals surface area contributed by atoms with Crippen LogP contribution in [0.1, 0.15) is 44.1 Å². The standard InChI is InChI=1S/C18H25ClN2O/c1-20-16-8-12-21(13-9-16)17(22)18(10-2-3-11-18)14-4-6-15(19)7-5-14/h4-7,16,20H,2-3,8-13H2,1H3. The molecule has 0 aromatic heterocycles. The van der Waals surface area contributed by atoms with Crippen LogP contribution >= 0.6 is 11.6 Å². The van der Waals surface area contributed by atoms with Gasteiger partial charge in [-0.25, -0.2) is 0 Å². The molecule has 0 unspecified atom stereocenters. The minimum absolute atomic E-state index is 0.308. The van der Waals surface area contributed by atoms with Gasteiger partial charge in [0.05, 0.1) is 5.41 Å². The summed E-state index contributed by atoms with van der Waals surface area (Å²) in [7, 11) is 2.01. The van der Waals surface area contributed by atoms with E-state index in [1.165, 1.54) is 0 Å². The Kier molecular flexibility index (Phi) is 4.74. The molecule has 1 aromatic carbocycles. The van der Waals surface area contributed by atoms with Gasteiger partial charge in [0, 0.05) is 24.2 Å². The van der Waals surface area contributed by atoms with Crippen molar-refractivity contribution in [1.29, 1.82) is 0 Å². The van der Waals surface area contributed by atoms with E-state index in [9.17, 15) is 4.79 Å². The first kappa shape index (κ1) is 15.8. The van der Waals surface area contributed by atoms with Gasteiger partial charge in [0.2, 0.25) is 5.91 Å². The zero-order valence-corrected chi connectivity index (χ0v) is 14.0. The molecule has 120 valence electrons. The lowest BCUT2D eigenvalue weighted by molar-refractivity contribution is -0.138. The molecule has 4 heteroatoms. The molecule has 2 aliphatic rings. The number of piperidine rings is 1. The Bertz CT molecular complexity index is 514. The van der Waals surface area contributed by atoms with Crippen molar-refractivity contribution in [2.24, 2.45) is 0 Å². The molecule has 0 radical (unpaired) electrons. The Hall–Kier alpha value is -1.06. The fourth-order valence-corrected chi connectivity index (χ4v) is 4.17. The number of benzene rings is 1. The van der Waals surface area contributed by atoms with Crippen molar-refractivity contribution in [3.05, 3.63) is 34.9 Å². The van der Waals surface area contributed by atoms with Crippen molar-refractivity contribution >= 4 is 17.5 Å². The van der Waals surface area contributed by atoms with Crippen molar-refractivity contribution < 1.29 is 4.79 Å². The van der Waals surface area contributed by atoms with E-state index in [2.05, 4.69) is 10.2 Å². The lowest BCUT2D eigenvalue weighted by Crippen LogP contribution is -2.50. The van der Waals surface area contributed by atoms with Crippen LogP contribution in [0.5, 0.6) is 0 Å². The smallest absolute Gasteiger partial charge is 0.233 e. The number of likely N-dealkylation sites (tertiary alicyclic amines) is 1.